The van der Waals surface area contributed by atoms with Crippen LogP contribution in [0.25, 0.3) is 22.3 Å². The molecule has 2 aromatic carbocycles. The van der Waals surface area contributed by atoms with Gasteiger partial charge in [-0.25, -0.2) is 4.39 Å². The normalized spacial score (nSPS) is 14.4. The van der Waals surface area contributed by atoms with E-state index in [-0.39, 0.29) is 5.69 Å². The first-order valence-electron chi connectivity index (χ1n) is 10.4. The van der Waals surface area contributed by atoms with Gasteiger partial charge in [0.2, 0.25) is 0 Å². The van der Waals surface area contributed by atoms with Crippen molar-refractivity contribution in [3.05, 3.63) is 83.8 Å². The number of alkyl halides is 3. The average Bonchev–Trinajstić information content (AvgIpc) is 3.14. The van der Waals surface area contributed by atoms with Crippen LogP contribution in [-0.2, 0) is 11.8 Å². The number of nitrogens with zero attached hydrogens (tertiary/aromatic N) is 2. The zero-order valence-corrected chi connectivity index (χ0v) is 18.1. The summed E-state index contributed by atoms with van der Waals surface area (Å²) in [6.07, 6.45) is -6.26. The summed E-state index contributed by atoms with van der Waals surface area (Å²) >= 11 is 0. The maximum atomic E-state index is 14.1. The van der Waals surface area contributed by atoms with Gasteiger partial charge < -0.3 is 10.1 Å². The molecule has 0 bridgehead atoms. The van der Waals surface area contributed by atoms with Gasteiger partial charge in [-0.05, 0) is 41.7 Å². The minimum absolute atomic E-state index is 0.180. The van der Waals surface area contributed by atoms with Gasteiger partial charge in [-0.1, -0.05) is 56.3 Å². The Morgan fingerprint density at radius 3 is 2.30 bits per heavy atom. The number of aromatic amines is 1. The molecule has 4 nitrogen and oxygen atoms in total. The summed E-state index contributed by atoms with van der Waals surface area (Å²) in [4.78, 5) is 2.84. The van der Waals surface area contributed by atoms with Gasteiger partial charge in [0, 0.05) is 23.1 Å². The summed E-state index contributed by atoms with van der Waals surface area (Å²) in [7, 11) is 0. The lowest BCUT2D eigenvalue weighted by Gasteiger charge is -2.37. The molecule has 0 fully saturated rings. The molecule has 0 radical (unpaired) electrons. The number of benzene rings is 2. The second-order valence-electron chi connectivity index (χ2n) is 8.97. The molecule has 0 amide bonds. The summed E-state index contributed by atoms with van der Waals surface area (Å²) < 4.78 is 56.0. The number of hydrogen-bond donors (Lipinski definition) is 2. The first kappa shape index (κ1) is 22.9. The Balaban J connectivity index is 1.66. The van der Waals surface area contributed by atoms with E-state index in [1.54, 1.807) is 32.0 Å². The van der Waals surface area contributed by atoms with Crippen LogP contribution in [0, 0.1) is 5.82 Å². The number of aromatic nitrogens is 3. The third-order valence-electron chi connectivity index (χ3n) is 5.85. The van der Waals surface area contributed by atoms with Gasteiger partial charge in [-0.3, -0.25) is 0 Å². The second kappa shape index (κ2) is 8.26. The molecule has 4 aromatic rings. The number of rotatable bonds is 6. The molecular weight excluding hydrogens is 434 g/mol. The second-order valence-corrected chi connectivity index (χ2v) is 8.97. The molecule has 0 aliphatic rings. The van der Waals surface area contributed by atoms with Crippen LogP contribution in [-0.4, -0.2) is 32.1 Å². The van der Waals surface area contributed by atoms with Crippen molar-refractivity contribution in [3.63, 3.8) is 0 Å². The molecular formula is C25H23F4N3O. The fraction of sp³-hybridized carbons (Fsp3) is 0.280. The van der Waals surface area contributed by atoms with E-state index in [0.717, 1.165) is 5.56 Å². The van der Waals surface area contributed by atoms with Crippen LogP contribution in [0.5, 0.6) is 0 Å². The maximum absolute atomic E-state index is 14.1. The van der Waals surface area contributed by atoms with E-state index in [1.165, 1.54) is 18.2 Å². The molecule has 8 heteroatoms. The lowest BCUT2D eigenvalue weighted by Crippen LogP contribution is -2.50. The number of fused-ring (bicyclic) bond motifs is 1. The molecule has 1 atom stereocenters. The van der Waals surface area contributed by atoms with Crippen molar-refractivity contribution in [2.75, 3.05) is 0 Å². The third kappa shape index (κ3) is 4.75. The van der Waals surface area contributed by atoms with Gasteiger partial charge in [0.05, 0.1) is 5.69 Å². The van der Waals surface area contributed by atoms with E-state index in [1.807, 2.05) is 30.3 Å². The highest BCUT2D eigenvalue weighted by Crippen LogP contribution is 2.43. The Bertz CT molecular complexity index is 1270. The summed E-state index contributed by atoms with van der Waals surface area (Å²) in [6, 6.07) is 18.0. The fourth-order valence-corrected chi connectivity index (χ4v) is 4.16. The summed E-state index contributed by atoms with van der Waals surface area (Å²) in [6.45, 7) is 3.11. The van der Waals surface area contributed by atoms with Gasteiger partial charge >= 0.3 is 6.18 Å². The third-order valence-corrected chi connectivity index (χ3v) is 5.85. The Labute approximate surface area is 188 Å². The molecule has 0 saturated carbocycles. The summed E-state index contributed by atoms with van der Waals surface area (Å²) in [5.41, 5.74) is -1.87. The fourth-order valence-electron chi connectivity index (χ4n) is 4.16. The minimum Gasteiger partial charge on any atom is -0.380 e. The SMILES string of the molecule is CC(C)(CC(O)(Cc1cc2cc(-c3ccccc3)nnc2[nH]1)C(F)(F)F)c1cccc(F)c1. The van der Waals surface area contributed by atoms with Crippen molar-refractivity contribution in [1.29, 1.82) is 0 Å². The van der Waals surface area contributed by atoms with E-state index in [4.69, 9.17) is 0 Å². The Kier molecular flexibility index (Phi) is 5.74. The number of aliphatic hydroxyl groups is 1. The lowest BCUT2D eigenvalue weighted by molar-refractivity contribution is -0.266. The smallest absolute Gasteiger partial charge is 0.380 e. The van der Waals surface area contributed by atoms with E-state index in [2.05, 4.69) is 15.2 Å². The van der Waals surface area contributed by atoms with Gasteiger partial charge in [0.15, 0.2) is 11.2 Å². The Morgan fingerprint density at radius 2 is 1.64 bits per heavy atom. The average molecular weight is 457 g/mol. The molecule has 172 valence electrons. The van der Waals surface area contributed by atoms with E-state index in [0.29, 0.717) is 22.3 Å². The number of hydrogen-bond acceptors (Lipinski definition) is 3. The maximum Gasteiger partial charge on any atom is 0.417 e. The number of H-pyrrole nitrogens is 1. The summed E-state index contributed by atoms with van der Waals surface area (Å²) in [5, 5.41) is 19.7. The molecule has 4 rings (SSSR count). The zero-order valence-electron chi connectivity index (χ0n) is 18.1. The highest BCUT2D eigenvalue weighted by atomic mass is 19.4. The van der Waals surface area contributed by atoms with Gasteiger partial charge in [0.1, 0.15) is 5.82 Å². The largest absolute Gasteiger partial charge is 0.417 e. The van der Waals surface area contributed by atoms with Crippen LogP contribution in [0.2, 0.25) is 0 Å². The molecule has 2 N–H and O–H groups in total. The van der Waals surface area contributed by atoms with Crippen LogP contribution in [0.3, 0.4) is 0 Å². The van der Waals surface area contributed by atoms with E-state index < -0.39 is 35.9 Å². The molecule has 0 aliphatic carbocycles. The molecule has 2 aromatic heterocycles. The molecule has 0 spiro atoms. The Morgan fingerprint density at radius 1 is 0.909 bits per heavy atom. The van der Waals surface area contributed by atoms with Crippen molar-refractivity contribution < 1.29 is 22.7 Å². The predicted molar refractivity (Wildman–Crippen MR) is 118 cm³/mol. The van der Waals surface area contributed by atoms with Gasteiger partial charge in [0.25, 0.3) is 0 Å². The van der Waals surface area contributed by atoms with Crippen molar-refractivity contribution in [3.8, 4) is 11.3 Å². The van der Waals surface area contributed by atoms with Gasteiger partial charge in [-0.2, -0.15) is 13.2 Å². The number of nitrogens with one attached hydrogen (secondary N) is 1. The molecule has 0 aliphatic heterocycles. The van der Waals surface area contributed by atoms with E-state index >= 15 is 0 Å². The van der Waals surface area contributed by atoms with Crippen LogP contribution in [0.1, 0.15) is 31.5 Å². The van der Waals surface area contributed by atoms with Crippen molar-refractivity contribution in [2.24, 2.45) is 0 Å². The highest BCUT2D eigenvalue weighted by molar-refractivity contribution is 5.80. The quantitative estimate of drug-likeness (QED) is 0.351. The molecule has 33 heavy (non-hydrogen) atoms. The monoisotopic (exact) mass is 457 g/mol. The highest BCUT2D eigenvalue weighted by Gasteiger charge is 2.56. The standard InChI is InChI=1S/C25H23F4N3O/c1-23(2,18-9-6-10-19(26)13-18)15-24(33,25(27,28)29)14-20-11-17-12-21(31-32-22(17)30-20)16-7-4-3-5-8-16/h3-13,33H,14-15H2,1-2H3,(H,30,32). The zero-order chi connectivity index (χ0) is 23.9. The minimum atomic E-state index is -4.91. The van der Waals surface area contributed by atoms with Crippen LogP contribution < -0.4 is 0 Å². The van der Waals surface area contributed by atoms with Crippen molar-refractivity contribution in [2.45, 2.75) is 43.9 Å². The van der Waals surface area contributed by atoms with Crippen LogP contribution in [0.4, 0.5) is 17.6 Å². The molecule has 2 heterocycles. The van der Waals surface area contributed by atoms with Crippen LogP contribution >= 0.6 is 0 Å². The predicted octanol–water partition coefficient (Wildman–Crippen LogP) is 5.97. The first-order valence-corrected chi connectivity index (χ1v) is 10.4. The van der Waals surface area contributed by atoms with Crippen molar-refractivity contribution >= 4 is 11.0 Å². The topological polar surface area (TPSA) is 61.8 Å². The number of halogens is 4. The Hall–Kier alpha value is -3.26. The summed E-state index contributed by atoms with van der Waals surface area (Å²) in [5.74, 6) is -0.542. The van der Waals surface area contributed by atoms with Crippen LogP contribution in [0.15, 0.2) is 66.7 Å². The van der Waals surface area contributed by atoms with Crippen molar-refractivity contribution in [1.82, 2.24) is 15.2 Å². The molecule has 0 saturated heterocycles. The molecule has 1 unspecified atom stereocenters. The van der Waals surface area contributed by atoms with E-state index in [9.17, 15) is 22.7 Å². The first-order chi connectivity index (χ1) is 15.5. The lowest BCUT2D eigenvalue weighted by atomic mass is 9.73. The van der Waals surface area contributed by atoms with Gasteiger partial charge in [-0.15, -0.1) is 10.2 Å².